The van der Waals surface area contributed by atoms with E-state index in [0.29, 0.717) is 28.9 Å². The molecule has 152 valence electrons. The molecule has 2 aromatic carbocycles. The van der Waals surface area contributed by atoms with E-state index in [0.717, 1.165) is 11.0 Å². The molecular formula is C22H17F2N3O3. The summed E-state index contributed by atoms with van der Waals surface area (Å²) in [6.07, 6.45) is 0.518. The molecule has 2 aliphatic rings. The Bertz CT molecular complexity index is 1240. The van der Waals surface area contributed by atoms with Crippen LogP contribution in [-0.4, -0.2) is 45.7 Å². The van der Waals surface area contributed by atoms with Crippen molar-refractivity contribution in [2.45, 2.75) is 25.1 Å². The highest BCUT2D eigenvalue weighted by atomic mass is 19.3. The molecule has 2 atom stereocenters. The first-order valence-corrected chi connectivity index (χ1v) is 9.46. The molecule has 6 nitrogen and oxygen atoms in total. The van der Waals surface area contributed by atoms with Gasteiger partial charge in [0.25, 0.3) is 5.91 Å². The van der Waals surface area contributed by atoms with Gasteiger partial charge in [-0.1, -0.05) is 17.9 Å². The van der Waals surface area contributed by atoms with Gasteiger partial charge in [0.1, 0.15) is 18.2 Å². The molecule has 2 unspecified atom stereocenters. The molecule has 0 aliphatic carbocycles. The number of fused-ring (bicyclic) bond motifs is 9. The Balaban J connectivity index is 1.77. The largest absolute Gasteiger partial charge is 0.434 e. The Kier molecular flexibility index (Phi) is 4.22. The average molecular weight is 409 g/mol. The van der Waals surface area contributed by atoms with Crippen molar-refractivity contribution in [2.24, 2.45) is 0 Å². The summed E-state index contributed by atoms with van der Waals surface area (Å²) >= 11 is 0. The van der Waals surface area contributed by atoms with Crippen molar-refractivity contribution in [1.82, 2.24) is 14.5 Å². The number of alkyl halides is 2. The van der Waals surface area contributed by atoms with E-state index >= 15 is 0 Å². The van der Waals surface area contributed by atoms with Crippen molar-refractivity contribution in [1.29, 1.82) is 0 Å². The molecule has 1 amide bonds. The molecule has 1 N–H and O–H groups in total. The predicted molar refractivity (Wildman–Crippen MR) is 104 cm³/mol. The van der Waals surface area contributed by atoms with Gasteiger partial charge in [-0.25, -0.2) is 4.98 Å². The smallest absolute Gasteiger partial charge is 0.387 e. The molecular weight excluding hydrogens is 392 g/mol. The van der Waals surface area contributed by atoms with Gasteiger partial charge in [0.05, 0.1) is 23.1 Å². The van der Waals surface area contributed by atoms with E-state index in [4.69, 9.17) is 14.8 Å². The van der Waals surface area contributed by atoms with E-state index in [9.17, 15) is 13.6 Å². The first-order valence-electron chi connectivity index (χ1n) is 9.46. The van der Waals surface area contributed by atoms with Crippen LogP contribution in [-0.2, 0) is 0 Å². The van der Waals surface area contributed by atoms with Gasteiger partial charge >= 0.3 is 6.61 Å². The number of benzene rings is 2. The van der Waals surface area contributed by atoms with Gasteiger partial charge in [-0.3, -0.25) is 4.79 Å². The van der Waals surface area contributed by atoms with E-state index < -0.39 is 6.61 Å². The summed E-state index contributed by atoms with van der Waals surface area (Å²) < 4.78 is 33.0. The van der Waals surface area contributed by atoms with Crippen molar-refractivity contribution in [3.63, 3.8) is 0 Å². The standard InChI is InChI=1S/C22H17F2N3O3/c1-26-17-11-16(19-13(21(26)29)5-2-6-18(19)30-22(23)24)27-15-10-12(4-3-9-28)7-8-14(15)25-20(17)27/h2,5-8,10,16-17,22,28H,9,11H2,1H3. The Morgan fingerprint density at radius 2 is 2.13 bits per heavy atom. The monoisotopic (exact) mass is 409 g/mol. The van der Waals surface area contributed by atoms with Crippen LogP contribution in [0.3, 0.4) is 0 Å². The maximum atomic E-state index is 13.1. The van der Waals surface area contributed by atoms with Crippen molar-refractivity contribution in [2.75, 3.05) is 13.7 Å². The Morgan fingerprint density at radius 1 is 1.30 bits per heavy atom. The molecule has 8 heteroatoms. The molecule has 0 fully saturated rings. The lowest BCUT2D eigenvalue weighted by Gasteiger charge is -2.24. The highest BCUT2D eigenvalue weighted by Gasteiger charge is 2.44. The quantitative estimate of drug-likeness (QED) is 0.661. The average Bonchev–Trinajstić information content (AvgIpc) is 3.24. The zero-order valence-corrected chi connectivity index (χ0v) is 16.0. The fourth-order valence-corrected chi connectivity index (χ4v) is 4.50. The zero-order valence-electron chi connectivity index (χ0n) is 16.0. The van der Waals surface area contributed by atoms with Crippen LogP contribution in [0.15, 0.2) is 36.4 Å². The van der Waals surface area contributed by atoms with E-state index in [1.54, 1.807) is 24.1 Å². The fourth-order valence-electron chi connectivity index (χ4n) is 4.50. The third-order valence-corrected chi connectivity index (χ3v) is 5.72. The van der Waals surface area contributed by atoms with Gasteiger partial charge in [0.15, 0.2) is 0 Å². The molecule has 2 aliphatic heterocycles. The van der Waals surface area contributed by atoms with Gasteiger partial charge in [0, 0.05) is 30.2 Å². The number of nitrogens with zero attached hydrogens (tertiary/aromatic N) is 3. The molecule has 30 heavy (non-hydrogen) atoms. The van der Waals surface area contributed by atoms with Crippen molar-refractivity contribution < 1.29 is 23.4 Å². The van der Waals surface area contributed by atoms with Crippen LogP contribution < -0.4 is 4.74 Å². The summed E-state index contributed by atoms with van der Waals surface area (Å²) in [4.78, 5) is 19.4. The van der Waals surface area contributed by atoms with Crippen LogP contribution in [0.5, 0.6) is 5.75 Å². The van der Waals surface area contributed by atoms with E-state index in [1.165, 1.54) is 6.07 Å². The minimum atomic E-state index is -3.00. The lowest BCUT2D eigenvalue weighted by molar-refractivity contribution is -0.0507. The normalized spacial score (nSPS) is 19.4. The third kappa shape index (κ3) is 2.66. The minimum Gasteiger partial charge on any atom is -0.434 e. The van der Waals surface area contributed by atoms with E-state index in [1.807, 2.05) is 22.8 Å². The Hall–Kier alpha value is -3.44. The van der Waals surface area contributed by atoms with Crippen LogP contribution in [0.4, 0.5) is 8.78 Å². The second-order valence-electron chi connectivity index (χ2n) is 7.28. The first-order chi connectivity index (χ1) is 14.5. The van der Waals surface area contributed by atoms with Crippen molar-refractivity contribution >= 4 is 16.9 Å². The minimum absolute atomic E-state index is 0.000766. The molecule has 3 aromatic rings. The first kappa shape index (κ1) is 18.6. The number of aliphatic hydroxyl groups is 1. The summed E-state index contributed by atoms with van der Waals surface area (Å²) in [5.74, 6) is 5.97. The summed E-state index contributed by atoms with van der Waals surface area (Å²) in [5.41, 5.74) is 3.03. The molecule has 2 bridgehead atoms. The number of hydrogen-bond acceptors (Lipinski definition) is 4. The molecule has 0 radical (unpaired) electrons. The van der Waals surface area contributed by atoms with Gasteiger partial charge in [0.2, 0.25) is 0 Å². The van der Waals surface area contributed by atoms with Crippen LogP contribution in [0.25, 0.3) is 11.0 Å². The fraction of sp³-hybridized carbons (Fsp3) is 0.273. The van der Waals surface area contributed by atoms with Gasteiger partial charge in [-0.15, -0.1) is 0 Å². The number of aromatic nitrogens is 2. The number of carbonyl (C=O) groups excluding carboxylic acids is 1. The Labute approximate surface area is 170 Å². The lowest BCUT2D eigenvalue weighted by Crippen LogP contribution is -2.30. The molecule has 1 aromatic heterocycles. The van der Waals surface area contributed by atoms with Crippen molar-refractivity contribution in [3.05, 3.63) is 58.9 Å². The SMILES string of the molecule is CN1C(=O)c2cccc(OC(F)F)c2C2CC1c1nc3ccc(C#CCO)cc3n12. The number of aliphatic hydroxyl groups excluding tert-OH is 1. The van der Waals surface area contributed by atoms with E-state index in [-0.39, 0.29) is 30.3 Å². The van der Waals surface area contributed by atoms with Gasteiger partial charge in [-0.05, 0) is 30.3 Å². The topological polar surface area (TPSA) is 67.6 Å². The highest BCUT2D eigenvalue weighted by molar-refractivity contribution is 5.97. The van der Waals surface area contributed by atoms with Gasteiger partial charge < -0.3 is 19.3 Å². The van der Waals surface area contributed by atoms with Crippen LogP contribution in [0.2, 0.25) is 0 Å². The lowest BCUT2D eigenvalue weighted by atomic mass is 9.97. The van der Waals surface area contributed by atoms with Crippen LogP contribution >= 0.6 is 0 Å². The summed E-state index contributed by atoms with van der Waals surface area (Å²) in [6.45, 7) is -3.24. The molecule has 3 heterocycles. The summed E-state index contributed by atoms with van der Waals surface area (Å²) in [6, 6.07) is 9.51. The van der Waals surface area contributed by atoms with Crippen LogP contribution in [0, 0.1) is 11.8 Å². The molecule has 5 rings (SSSR count). The number of carbonyl (C=O) groups is 1. The Morgan fingerprint density at radius 3 is 2.90 bits per heavy atom. The molecule has 0 saturated heterocycles. The third-order valence-electron chi connectivity index (χ3n) is 5.72. The highest BCUT2D eigenvalue weighted by Crippen LogP contribution is 2.49. The summed E-state index contributed by atoms with van der Waals surface area (Å²) in [7, 11) is 1.70. The number of rotatable bonds is 2. The maximum Gasteiger partial charge on any atom is 0.387 e. The summed E-state index contributed by atoms with van der Waals surface area (Å²) in [5, 5.41) is 8.97. The second kappa shape index (κ2) is 6.82. The van der Waals surface area contributed by atoms with Gasteiger partial charge in [-0.2, -0.15) is 8.78 Å². The second-order valence-corrected chi connectivity index (χ2v) is 7.28. The van der Waals surface area contributed by atoms with Crippen LogP contribution in [0.1, 0.15) is 45.8 Å². The predicted octanol–water partition coefficient (Wildman–Crippen LogP) is 3.10. The number of imidazole rings is 1. The van der Waals surface area contributed by atoms with E-state index in [2.05, 4.69) is 11.8 Å². The number of halogens is 2. The maximum absolute atomic E-state index is 13.1. The number of hydrogen-bond donors (Lipinski definition) is 1. The number of ether oxygens (including phenoxy) is 1. The molecule has 0 saturated carbocycles. The molecule has 0 spiro atoms. The van der Waals surface area contributed by atoms with Crippen molar-refractivity contribution in [3.8, 4) is 17.6 Å². The zero-order chi connectivity index (χ0) is 21.0. The number of amides is 1.